The van der Waals surface area contributed by atoms with E-state index < -0.39 is 0 Å². The van der Waals surface area contributed by atoms with Gasteiger partial charge in [0.1, 0.15) is 0 Å². The molecule has 0 amide bonds. The third-order valence-electron chi connectivity index (χ3n) is 4.19. The van der Waals surface area contributed by atoms with Crippen LogP contribution in [0, 0.1) is 6.92 Å². The van der Waals surface area contributed by atoms with E-state index in [1.807, 2.05) is 12.1 Å². The highest BCUT2D eigenvalue weighted by molar-refractivity contribution is 5.98. The predicted octanol–water partition coefficient (Wildman–Crippen LogP) is 3.12. The summed E-state index contributed by atoms with van der Waals surface area (Å²) < 4.78 is 0. The fourth-order valence-corrected chi connectivity index (χ4v) is 2.98. The number of carbonyl (C=O) groups is 1. The Morgan fingerprint density at radius 1 is 1.20 bits per heavy atom. The molecular formula is C17H26N2O. The first-order chi connectivity index (χ1) is 9.65. The zero-order valence-electron chi connectivity index (χ0n) is 13.0. The molecule has 2 rings (SSSR count). The predicted molar refractivity (Wildman–Crippen MR) is 84.7 cm³/mol. The van der Waals surface area contributed by atoms with Gasteiger partial charge < -0.3 is 4.90 Å². The smallest absolute Gasteiger partial charge is 0.176 e. The first kappa shape index (κ1) is 15.0. The van der Waals surface area contributed by atoms with Crippen LogP contribution in [0.4, 0.5) is 5.69 Å². The molecule has 1 aromatic rings. The molecule has 0 atom stereocenters. The molecule has 20 heavy (non-hydrogen) atoms. The van der Waals surface area contributed by atoms with Crippen LogP contribution >= 0.6 is 0 Å². The normalized spacial score (nSPS) is 15.6. The topological polar surface area (TPSA) is 23.6 Å². The lowest BCUT2D eigenvalue weighted by molar-refractivity contribution is 0.0945. The van der Waals surface area contributed by atoms with Crippen LogP contribution in [-0.2, 0) is 0 Å². The molecule has 110 valence electrons. The minimum Gasteiger partial charge on any atom is -0.372 e. The summed E-state index contributed by atoms with van der Waals surface area (Å²) in [4.78, 5) is 16.9. The van der Waals surface area contributed by atoms with Crippen LogP contribution in [0.1, 0.15) is 42.6 Å². The number of aryl methyl sites for hydroxylation is 1. The molecular weight excluding hydrogens is 248 g/mol. The third-order valence-corrected chi connectivity index (χ3v) is 4.19. The Hall–Kier alpha value is -1.35. The van der Waals surface area contributed by atoms with E-state index in [-0.39, 0.29) is 5.78 Å². The standard InChI is InChI=1S/C17H26N2O/c1-4-19(5-2)16-9-8-15(12-14(16)3)17(20)13-18-10-6-7-11-18/h8-9,12H,4-7,10-11,13H2,1-3H3. The number of hydrogen-bond acceptors (Lipinski definition) is 3. The molecule has 0 saturated carbocycles. The van der Waals surface area contributed by atoms with Crippen molar-refractivity contribution in [3.63, 3.8) is 0 Å². The van der Waals surface area contributed by atoms with Gasteiger partial charge in [0, 0.05) is 24.3 Å². The quantitative estimate of drug-likeness (QED) is 0.745. The lowest BCUT2D eigenvalue weighted by Crippen LogP contribution is -2.27. The average molecular weight is 274 g/mol. The van der Waals surface area contributed by atoms with Crippen molar-refractivity contribution < 1.29 is 4.79 Å². The van der Waals surface area contributed by atoms with Gasteiger partial charge in [-0.1, -0.05) is 0 Å². The molecule has 0 spiro atoms. The van der Waals surface area contributed by atoms with Crippen LogP contribution in [0.3, 0.4) is 0 Å². The van der Waals surface area contributed by atoms with E-state index in [1.165, 1.54) is 24.1 Å². The molecule has 1 aliphatic rings. The van der Waals surface area contributed by atoms with Crippen LogP contribution in [-0.4, -0.2) is 43.4 Å². The van der Waals surface area contributed by atoms with Gasteiger partial charge in [-0.2, -0.15) is 0 Å². The Kier molecular flexibility index (Phi) is 5.18. The fourth-order valence-electron chi connectivity index (χ4n) is 2.98. The Labute approximate surface area is 122 Å². The molecule has 0 aliphatic carbocycles. The maximum Gasteiger partial charge on any atom is 0.176 e. The van der Waals surface area contributed by atoms with Gasteiger partial charge in [-0.3, -0.25) is 9.69 Å². The van der Waals surface area contributed by atoms with E-state index >= 15 is 0 Å². The van der Waals surface area contributed by atoms with Crippen molar-refractivity contribution in [2.75, 3.05) is 37.6 Å². The van der Waals surface area contributed by atoms with Crippen LogP contribution in [0.25, 0.3) is 0 Å². The van der Waals surface area contributed by atoms with Gasteiger partial charge in [0.2, 0.25) is 0 Å². The maximum absolute atomic E-state index is 12.3. The molecule has 3 heteroatoms. The molecule has 1 fully saturated rings. The first-order valence-electron chi connectivity index (χ1n) is 7.76. The van der Waals surface area contributed by atoms with Gasteiger partial charge in [0.05, 0.1) is 6.54 Å². The molecule has 1 saturated heterocycles. The van der Waals surface area contributed by atoms with Crippen molar-refractivity contribution in [1.29, 1.82) is 0 Å². The van der Waals surface area contributed by atoms with E-state index in [4.69, 9.17) is 0 Å². The highest BCUT2D eigenvalue weighted by Crippen LogP contribution is 2.21. The summed E-state index contributed by atoms with van der Waals surface area (Å²) in [5.74, 6) is 0.251. The monoisotopic (exact) mass is 274 g/mol. The Morgan fingerprint density at radius 2 is 1.85 bits per heavy atom. The minimum absolute atomic E-state index is 0.251. The van der Waals surface area contributed by atoms with Gasteiger partial charge in [0.15, 0.2) is 5.78 Å². The van der Waals surface area contributed by atoms with Crippen LogP contribution in [0.15, 0.2) is 18.2 Å². The SMILES string of the molecule is CCN(CC)c1ccc(C(=O)CN2CCCC2)cc1C. The molecule has 0 N–H and O–H groups in total. The second-order valence-electron chi connectivity index (χ2n) is 5.58. The van der Waals surface area contributed by atoms with Crippen LogP contribution in [0.2, 0.25) is 0 Å². The third kappa shape index (κ3) is 3.40. The molecule has 0 radical (unpaired) electrons. The summed E-state index contributed by atoms with van der Waals surface area (Å²) in [7, 11) is 0. The van der Waals surface area contributed by atoms with Gasteiger partial charge in [-0.15, -0.1) is 0 Å². The number of nitrogens with zero attached hydrogens (tertiary/aromatic N) is 2. The summed E-state index contributed by atoms with van der Waals surface area (Å²) >= 11 is 0. The summed E-state index contributed by atoms with van der Waals surface area (Å²) in [6, 6.07) is 6.13. The number of ketones is 1. The van der Waals surface area contributed by atoms with Crippen LogP contribution < -0.4 is 4.90 Å². The Balaban J connectivity index is 2.09. The second kappa shape index (κ2) is 6.89. The highest BCUT2D eigenvalue weighted by Gasteiger charge is 2.17. The largest absolute Gasteiger partial charge is 0.372 e. The number of rotatable bonds is 6. The Morgan fingerprint density at radius 3 is 2.40 bits per heavy atom. The average Bonchev–Trinajstić information content (AvgIpc) is 2.94. The van der Waals surface area contributed by atoms with Crippen molar-refractivity contribution >= 4 is 11.5 Å². The van der Waals surface area contributed by atoms with E-state index in [0.29, 0.717) is 6.54 Å². The van der Waals surface area contributed by atoms with Gasteiger partial charge >= 0.3 is 0 Å². The van der Waals surface area contributed by atoms with Gasteiger partial charge in [-0.05, 0) is 70.5 Å². The molecule has 1 heterocycles. The highest BCUT2D eigenvalue weighted by atomic mass is 16.1. The Bertz CT molecular complexity index is 460. The summed E-state index contributed by atoms with van der Waals surface area (Å²) in [5, 5.41) is 0. The van der Waals surface area contributed by atoms with Crippen molar-refractivity contribution in [2.45, 2.75) is 33.6 Å². The number of anilines is 1. The van der Waals surface area contributed by atoms with E-state index in [0.717, 1.165) is 31.7 Å². The first-order valence-corrected chi connectivity index (χ1v) is 7.76. The van der Waals surface area contributed by atoms with E-state index in [1.54, 1.807) is 0 Å². The summed E-state index contributed by atoms with van der Waals surface area (Å²) in [5.41, 5.74) is 3.29. The second-order valence-corrected chi connectivity index (χ2v) is 5.58. The zero-order valence-corrected chi connectivity index (χ0v) is 13.0. The van der Waals surface area contributed by atoms with Crippen molar-refractivity contribution in [2.24, 2.45) is 0 Å². The number of Topliss-reactive ketones (excluding diaryl/α,β-unsaturated/α-hetero) is 1. The number of hydrogen-bond donors (Lipinski definition) is 0. The lowest BCUT2D eigenvalue weighted by Gasteiger charge is -2.23. The van der Waals surface area contributed by atoms with E-state index in [2.05, 4.69) is 36.6 Å². The fraction of sp³-hybridized carbons (Fsp3) is 0.588. The molecule has 0 aromatic heterocycles. The number of benzene rings is 1. The van der Waals surface area contributed by atoms with Crippen molar-refractivity contribution in [3.8, 4) is 0 Å². The zero-order chi connectivity index (χ0) is 14.5. The van der Waals surface area contributed by atoms with Crippen LogP contribution in [0.5, 0.6) is 0 Å². The molecule has 1 aliphatic heterocycles. The van der Waals surface area contributed by atoms with E-state index in [9.17, 15) is 4.79 Å². The summed E-state index contributed by atoms with van der Waals surface area (Å²) in [6.45, 7) is 11.1. The van der Waals surface area contributed by atoms with Crippen molar-refractivity contribution in [1.82, 2.24) is 4.90 Å². The molecule has 1 aromatic carbocycles. The molecule has 0 unspecified atom stereocenters. The molecule has 3 nitrogen and oxygen atoms in total. The van der Waals surface area contributed by atoms with Crippen molar-refractivity contribution in [3.05, 3.63) is 29.3 Å². The number of likely N-dealkylation sites (tertiary alicyclic amines) is 1. The maximum atomic E-state index is 12.3. The summed E-state index contributed by atoms with van der Waals surface area (Å²) in [6.07, 6.45) is 2.46. The lowest BCUT2D eigenvalue weighted by atomic mass is 10.0. The number of carbonyl (C=O) groups excluding carboxylic acids is 1. The minimum atomic E-state index is 0.251. The van der Waals surface area contributed by atoms with Gasteiger partial charge in [0.25, 0.3) is 0 Å². The molecule has 0 bridgehead atoms. The van der Waals surface area contributed by atoms with Gasteiger partial charge in [-0.25, -0.2) is 0 Å².